The number of rotatable bonds is 6. The van der Waals surface area contributed by atoms with Crippen molar-refractivity contribution in [2.75, 3.05) is 36.0 Å². The Morgan fingerprint density at radius 3 is 2.56 bits per heavy atom. The number of hydrogen-bond acceptors (Lipinski definition) is 5. The molecule has 1 aromatic carbocycles. The lowest BCUT2D eigenvalue weighted by molar-refractivity contribution is -0.137. The Bertz CT molecular complexity index is 851. The molecule has 9 heteroatoms. The molecule has 1 saturated heterocycles. The average Bonchev–Trinajstić information content (AvgIpc) is 2.65. The van der Waals surface area contributed by atoms with Crippen LogP contribution in [0, 0.1) is 0 Å². The Labute approximate surface area is 159 Å². The lowest BCUT2D eigenvalue weighted by atomic mass is 9.96. The summed E-state index contributed by atoms with van der Waals surface area (Å²) >= 11 is 0. The Morgan fingerprint density at radius 2 is 1.93 bits per heavy atom. The number of sulfonamides is 1. The van der Waals surface area contributed by atoms with Gasteiger partial charge < -0.3 is 10.0 Å². The van der Waals surface area contributed by atoms with Crippen LogP contribution in [0.5, 0.6) is 0 Å². The summed E-state index contributed by atoms with van der Waals surface area (Å²) in [5.41, 5.74) is 1.08. The molecule has 27 heavy (non-hydrogen) atoms. The van der Waals surface area contributed by atoms with Crippen molar-refractivity contribution in [1.82, 2.24) is 4.31 Å². The molecule has 0 spiro atoms. The van der Waals surface area contributed by atoms with E-state index < -0.39 is 22.5 Å². The lowest BCUT2D eigenvalue weighted by Crippen LogP contribution is -2.56. The largest absolute Gasteiger partial charge is 0.480 e. The molecular formula is C18H25N3O5S. The van der Waals surface area contributed by atoms with Gasteiger partial charge in [0.15, 0.2) is 0 Å². The molecule has 8 nitrogen and oxygen atoms in total. The minimum atomic E-state index is -3.70. The molecule has 1 fully saturated rings. The molecule has 1 N–H and O–H groups in total. The minimum Gasteiger partial charge on any atom is -0.480 e. The van der Waals surface area contributed by atoms with Crippen LogP contribution in [0.2, 0.25) is 0 Å². The van der Waals surface area contributed by atoms with Gasteiger partial charge in [0.1, 0.15) is 12.6 Å². The van der Waals surface area contributed by atoms with Crippen molar-refractivity contribution in [1.29, 1.82) is 0 Å². The van der Waals surface area contributed by atoms with Crippen LogP contribution in [0.15, 0.2) is 23.1 Å². The number of carbonyl (C=O) groups excluding carboxylic acids is 1. The Morgan fingerprint density at radius 1 is 1.22 bits per heavy atom. The molecule has 148 valence electrons. The highest BCUT2D eigenvalue weighted by atomic mass is 32.2. The van der Waals surface area contributed by atoms with E-state index in [1.807, 2.05) is 4.90 Å². The number of fused-ring (bicyclic) bond motifs is 3. The van der Waals surface area contributed by atoms with Crippen LogP contribution in [0.25, 0.3) is 0 Å². The molecule has 2 aliphatic heterocycles. The van der Waals surface area contributed by atoms with Gasteiger partial charge in [-0.15, -0.1) is 0 Å². The van der Waals surface area contributed by atoms with Gasteiger partial charge in [0.2, 0.25) is 15.9 Å². The zero-order chi connectivity index (χ0) is 19.8. The van der Waals surface area contributed by atoms with Crippen LogP contribution in [-0.4, -0.2) is 61.9 Å². The molecule has 2 heterocycles. The minimum absolute atomic E-state index is 0.0728. The zero-order valence-corrected chi connectivity index (χ0v) is 16.4. The van der Waals surface area contributed by atoms with Gasteiger partial charge in [0.25, 0.3) is 0 Å². The highest BCUT2D eigenvalue weighted by molar-refractivity contribution is 7.89. The molecule has 0 saturated carbocycles. The van der Waals surface area contributed by atoms with Crippen LogP contribution in [-0.2, 0) is 19.6 Å². The summed E-state index contributed by atoms with van der Waals surface area (Å²) < 4.78 is 27.1. The SMILES string of the molecule is CCN(CC)S(=O)(=O)c1ccc2c(c1)N(CC(=O)O)C(=O)[C@H]1CCCCN21. The summed E-state index contributed by atoms with van der Waals surface area (Å²) in [5.74, 6) is -1.41. The summed E-state index contributed by atoms with van der Waals surface area (Å²) in [4.78, 5) is 27.5. The maximum atomic E-state index is 12.9. The normalized spacial score (nSPS) is 19.8. The summed E-state index contributed by atoms with van der Waals surface area (Å²) in [7, 11) is -3.70. The van der Waals surface area contributed by atoms with Gasteiger partial charge in [-0.05, 0) is 37.5 Å². The van der Waals surface area contributed by atoms with E-state index in [-0.39, 0.29) is 16.8 Å². The average molecular weight is 395 g/mol. The van der Waals surface area contributed by atoms with E-state index in [0.717, 1.165) is 18.5 Å². The third-order valence-corrected chi connectivity index (χ3v) is 7.28. The fraction of sp³-hybridized carbons (Fsp3) is 0.556. The fourth-order valence-corrected chi connectivity index (χ4v) is 5.39. The van der Waals surface area contributed by atoms with Gasteiger partial charge in [-0.25, -0.2) is 8.42 Å². The number of anilines is 2. The van der Waals surface area contributed by atoms with Crippen molar-refractivity contribution < 1.29 is 23.1 Å². The third kappa shape index (κ3) is 3.41. The standard InChI is InChI=1S/C18H25N3O5S/c1-3-19(4-2)27(25,26)13-8-9-14-16(11-13)21(12-17(22)23)18(24)15-7-5-6-10-20(14)15/h8-9,11,15H,3-7,10,12H2,1-2H3,(H,22,23)/t15-/m1/s1. The highest BCUT2D eigenvalue weighted by Gasteiger charge is 2.40. The maximum absolute atomic E-state index is 12.9. The molecule has 3 rings (SSSR count). The van der Waals surface area contributed by atoms with Gasteiger partial charge in [0.05, 0.1) is 16.3 Å². The molecule has 0 radical (unpaired) electrons. The molecular weight excluding hydrogens is 370 g/mol. The first-order valence-corrected chi connectivity index (χ1v) is 10.7. The van der Waals surface area contributed by atoms with Gasteiger partial charge in [-0.2, -0.15) is 4.31 Å². The van der Waals surface area contributed by atoms with Crippen molar-refractivity contribution in [2.24, 2.45) is 0 Å². The van der Waals surface area contributed by atoms with E-state index in [2.05, 4.69) is 0 Å². The van der Waals surface area contributed by atoms with Crippen LogP contribution in [0.3, 0.4) is 0 Å². The maximum Gasteiger partial charge on any atom is 0.323 e. The van der Waals surface area contributed by atoms with E-state index in [1.54, 1.807) is 26.0 Å². The van der Waals surface area contributed by atoms with Gasteiger partial charge in [0, 0.05) is 19.6 Å². The Kier molecular flexibility index (Phi) is 5.43. The van der Waals surface area contributed by atoms with E-state index in [0.29, 0.717) is 31.7 Å². The number of carboxylic acid groups (broad SMARTS) is 1. The van der Waals surface area contributed by atoms with Gasteiger partial charge in [-0.3, -0.25) is 14.5 Å². The lowest BCUT2D eigenvalue weighted by Gasteiger charge is -2.45. The quantitative estimate of drug-likeness (QED) is 0.784. The molecule has 2 aliphatic rings. The molecule has 1 amide bonds. The first-order valence-electron chi connectivity index (χ1n) is 9.25. The summed E-state index contributed by atoms with van der Waals surface area (Å²) in [6.45, 7) is 4.41. The molecule has 0 aromatic heterocycles. The zero-order valence-electron chi connectivity index (χ0n) is 15.6. The van der Waals surface area contributed by atoms with Crippen molar-refractivity contribution >= 4 is 33.3 Å². The molecule has 1 aromatic rings. The van der Waals surface area contributed by atoms with Crippen molar-refractivity contribution in [3.63, 3.8) is 0 Å². The number of carbonyl (C=O) groups is 2. The molecule has 0 unspecified atom stereocenters. The number of piperidine rings is 1. The second kappa shape index (κ2) is 7.47. The number of amides is 1. The molecule has 1 atom stereocenters. The van der Waals surface area contributed by atoms with Crippen molar-refractivity contribution in [3.05, 3.63) is 18.2 Å². The summed E-state index contributed by atoms with van der Waals surface area (Å²) in [6.07, 6.45) is 2.53. The van der Waals surface area contributed by atoms with Crippen molar-refractivity contribution in [2.45, 2.75) is 44.0 Å². The van der Waals surface area contributed by atoms with Gasteiger partial charge >= 0.3 is 5.97 Å². The smallest absolute Gasteiger partial charge is 0.323 e. The second-order valence-corrected chi connectivity index (χ2v) is 8.70. The van der Waals surface area contributed by atoms with Crippen LogP contribution in [0.4, 0.5) is 11.4 Å². The van der Waals surface area contributed by atoms with Crippen LogP contribution < -0.4 is 9.80 Å². The van der Waals surface area contributed by atoms with Crippen LogP contribution >= 0.6 is 0 Å². The van der Waals surface area contributed by atoms with Crippen LogP contribution in [0.1, 0.15) is 33.1 Å². The van der Waals surface area contributed by atoms with E-state index >= 15 is 0 Å². The predicted molar refractivity (Wildman–Crippen MR) is 102 cm³/mol. The molecule has 0 bridgehead atoms. The van der Waals surface area contributed by atoms with Crippen molar-refractivity contribution in [3.8, 4) is 0 Å². The second-order valence-electron chi connectivity index (χ2n) is 6.76. The summed E-state index contributed by atoms with van der Waals surface area (Å²) in [6, 6.07) is 4.31. The first kappa shape index (κ1) is 19.6. The molecule has 0 aliphatic carbocycles. The number of carboxylic acids is 1. The Hall–Kier alpha value is -2.13. The van der Waals surface area contributed by atoms with E-state index in [4.69, 9.17) is 0 Å². The third-order valence-electron chi connectivity index (χ3n) is 5.24. The first-order chi connectivity index (χ1) is 12.8. The predicted octanol–water partition coefficient (Wildman–Crippen LogP) is 1.51. The number of nitrogens with zero attached hydrogens (tertiary/aromatic N) is 3. The van der Waals surface area contributed by atoms with E-state index in [1.165, 1.54) is 15.3 Å². The number of aliphatic carboxylic acids is 1. The number of benzene rings is 1. The fourth-order valence-electron chi connectivity index (χ4n) is 3.91. The summed E-state index contributed by atoms with van der Waals surface area (Å²) in [5, 5.41) is 9.26. The van der Waals surface area contributed by atoms with E-state index in [9.17, 15) is 23.1 Å². The highest BCUT2D eigenvalue weighted by Crippen LogP contribution is 2.40. The monoisotopic (exact) mass is 395 g/mol. The van der Waals surface area contributed by atoms with Gasteiger partial charge in [-0.1, -0.05) is 13.8 Å². The topological polar surface area (TPSA) is 98.2 Å². The Balaban J connectivity index is 2.12. The number of hydrogen-bond donors (Lipinski definition) is 1.